The Hall–Kier alpha value is -2.41. The summed E-state index contributed by atoms with van der Waals surface area (Å²) in [4.78, 5) is 28.7. The van der Waals surface area contributed by atoms with E-state index in [2.05, 4.69) is 20.9 Å². The molecule has 0 spiro atoms. The van der Waals surface area contributed by atoms with Crippen molar-refractivity contribution in [3.63, 3.8) is 0 Å². The van der Waals surface area contributed by atoms with Crippen LogP contribution in [0.15, 0.2) is 24.3 Å². The molecular weight excluding hydrogens is 312 g/mol. The third-order valence-corrected chi connectivity index (χ3v) is 4.02. The monoisotopic (exact) mass is 332 g/mol. The summed E-state index contributed by atoms with van der Waals surface area (Å²) in [5.41, 5.74) is 2.41. The highest BCUT2D eigenvalue weighted by atomic mass is 32.1. The fourth-order valence-electron chi connectivity index (χ4n) is 1.88. The summed E-state index contributed by atoms with van der Waals surface area (Å²) in [5.74, 6) is -0.179. The third kappa shape index (κ3) is 4.79. The molecule has 2 rings (SSSR count). The summed E-state index contributed by atoms with van der Waals surface area (Å²) in [7, 11) is 0. The number of carbonyl (C=O) groups is 2. The summed E-state index contributed by atoms with van der Waals surface area (Å²) >= 11 is 1.16. The van der Waals surface area contributed by atoms with Crippen molar-refractivity contribution in [2.24, 2.45) is 0 Å². The van der Waals surface area contributed by atoms with Gasteiger partial charge in [-0.05, 0) is 39.8 Å². The molecule has 1 heterocycles. The molecule has 3 amide bonds. The minimum absolute atomic E-state index is 0.0465. The molecule has 6 nitrogen and oxygen atoms in total. The van der Waals surface area contributed by atoms with Gasteiger partial charge in [-0.1, -0.05) is 29.0 Å². The van der Waals surface area contributed by atoms with Crippen LogP contribution in [-0.2, 0) is 0 Å². The topological polar surface area (TPSA) is 83.1 Å². The van der Waals surface area contributed by atoms with E-state index in [0.717, 1.165) is 16.9 Å². The normalized spacial score (nSPS) is 10.5. The van der Waals surface area contributed by atoms with Crippen molar-refractivity contribution in [3.05, 3.63) is 40.4 Å². The van der Waals surface area contributed by atoms with Crippen molar-refractivity contribution in [2.45, 2.75) is 33.7 Å². The number of nitrogens with one attached hydrogen (secondary N) is 3. The quantitative estimate of drug-likeness (QED) is 0.801. The Bertz CT molecular complexity index is 707. The SMILES string of the molecule is Cc1ccc(NC(=O)Nc2nc(C)c(C(=O)NC(C)C)s2)cc1. The minimum atomic E-state index is -0.390. The number of urea groups is 1. The standard InChI is InChI=1S/C16H20N4O2S/c1-9(2)17-14(21)13-11(4)18-16(23-13)20-15(22)19-12-7-5-10(3)6-8-12/h5-9H,1-4H3,(H,17,21)(H2,18,19,20,22). The Kier molecular flexibility index (Phi) is 5.33. The molecule has 122 valence electrons. The van der Waals surface area contributed by atoms with Crippen LogP contribution in [-0.4, -0.2) is 23.0 Å². The van der Waals surface area contributed by atoms with Gasteiger partial charge in [0.2, 0.25) is 0 Å². The number of hydrogen-bond donors (Lipinski definition) is 3. The van der Waals surface area contributed by atoms with Gasteiger partial charge in [0.25, 0.3) is 5.91 Å². The molecule has 23 heavy (non-hydrogen) atoms. The number of thiazole rings is 1. The smallest absolute Gasteiger partial charge is 0.325 e. The van der Waals surface area contributed by atoms with Crippen molar-refractivity contribution in [1.82, 2.24) is 10.3 Å². The summed E-state index contributed by atoms with van der Waals surface area (Å²) in [6.07, 6.45) is 0. The molecule has 7 heteroatoms. The Morgan fingerprint density at radius 3 is 2.35 bits per heavy atom. The first-order valence-electron chi connectivity index (χ1n) is 7.28. The van der Waals surface area contributed by atoms with Crippen LogP contribution in [0.2, 0.25) is 0 Å². The minimum Gasteiger partial charge on any atom is -0.349 e. The van der Waals surface area contributed by atoms with Gasteiger partial charge in [-0.15, -0.1) is 0 Å². The second-order valence-corrected chi connectivity index (χ2v) is 6.51. The maximum absolute atomic E-state index is 12.0. The van der Waals surface area contributed by atoms with Crippen LogP contribution in [0.3, 0.4) is 0 Å². The van der Waals surface area contributed by atoms with Crippen molar-refractivity contribution in [3.8, 4) is 0 Å². The van der Waals surface area contributed by atoms with E-state index in [1.807, 2.05) is 45.0 Å². The predicted octanol–water partition coefficient (Wildman–Crippen LogP) is 3.54. The van der Waals surface area contributed by atoms with Gasteiger partial charge in [-0.2, -0.15) is 0 Å². The highest BCUT2D eigenvalue weighted by Gasteiger charge is 2.17. The lowest BCUT2D eigenvalue weighted by Crippen LogP contribution is -2.29. The van der Waals surface area contributed by atoms with Crippen LogP contribution in [0.25, 0.3) is 0 Å². The average Bonchev–Trinajstić information content (AvgIpc) is 2.81. The Labute approximate surface area is 139 Å². The summed E-state index contributed by atoms with van der Waals surface area (Å²) in [6.45, 7) is 7.51. The Balaban J connectivity index is 2.01. The van der Waals surface area contributed by atoms with Gasteiger partial charge in [-0.3, -0.25) is 10.1 Å². The maximum atomic E-state index is 12.0. The molecule has 0 radical (unpaired) electrons. The molecule has 0 aliphatic carbocycles. The molecule has 0 fully saturated rings. The number of nitrogens with zero attached hydrogens (tertiary/aromatic N) is 1. The lowest BCUT2D eigenvalue weighted by Gasteiger charge is -2.06. The zero-order chi connectivity index (χ0) is 17.0. The van der Waals surface area contributed by atoms with Gasteiger partial charge >= 0.3 is 6.03 Å². The number of aryl methyl sites for hydroxylation is 2. The van der Waals surface area contributed by atoms with E-state index in [1.54, 1.807) is 6.92 Å². The molecular formula is C16H20N4O2S. The molecule has 0 aliphatic rings. The molecule has 0 unspecified atom stereocenters. The number of hydrogen-bond acceptors (Lipinski definition) is 4. The average molecular weight is 332 g/mol. The lowest BCUT2D eigenvalue weighted by atomic mass is 10.2. The Morgan fingerprint density at radius 2 is 1.74 bits per heavy atom. The number of benzene rings is 1. The molecule has 2 aromatic rings. The zero-order valence-corrected chi connectivity index (χ0v) is 14.4. The highest BCUT2D eigenvalue weighted by Crippen LogP contribution is 2.22. The molecule has 0 atom stereocenters. The highest BCUT2D eigenvalue weighted by molar-refractivity contribution is 7.17. The van der Waals surface area contributed by atoms with Crippen molar-refractivity contribution >= 4 is 34.1 Å². The summed E-state index contributed by atoms with van der Waals surface area (Å²) < 4.78 is 0. The van der Waals surface area contributed by atoms with E-state index in [-0.39, 0.29) is 11.9 Å². The van der Waals surface area contributed by atoms with Crippen LogP contribution in [0.5, 0.6) is 0 Å². The van der Waals surface area contributed by atoms with Gasteiger partial charge in [-0.25, -0.2) is 9.78 Å². The van der Waals surface area contributed by atoms with Gasteiger partial charge in [0.05, 0.1) is 5.69 Å². The summed E-state index contributed by atoms with van der Waals surface area (Å²) in [6, 6.07) is 7.13. The molecule has 1 aromatic carbocycles. The van der Waals surface area contributed by atoms with Crippen LogP contribution in [0, 0.1) is 13.8 Å². The second-order valence-electron chi connectivity index (χ2n) is 5.51. The van der Waals surface area contributed by atoms with E-state index in [4.69, 9.17) is 0 Å². The number of amides is 3. The molecule has 0 saturated heterocycles. The molecule has 0 bridgehead atoms. The molecule has 0 aliphatic heterocycles. The maximum Gasteiger partial charge on any atom is 0.325 e. The lowest BCUT2D eigenvalue weighted by molar-refractivity contribution is 0.0946. The fourth-order valence-corrected chi connectivity index (χ4v) is 2.75. The van der Waals surface area contributed by atoms with Gasteiger partial charge in [0.15, 0.2) is 5.13 Å². The third-order valence-electron chi connectivity index (χ3n) is 2.95. The first-order chi connectivity index (χ1) is 10.8. The van der Waals surface area contributed by atoms with Gasteiger partial charge in [0, 0.05) is 11.7 Å². The van der Waals surface area contributed by atoms with Crippen LogP contribution < -0.4 is 16.0 Å². The van der Waals surface area contributed by atoms with Crippen LogP contribution in [0.4, 0.5) is 15.6 Å². The molecule has 3 N–H and O–H groups in total. The number of aromatic nitrogens is 1. The second kappa shape index (κ2) is 7.23. The molecule has 0 saturated carbocycles. The Morgan fingerprint density at radius 1 is 1.09 bits per heavy atom. The van der Waals surface area contributed by atoms with E-state index < -0.39 is 6.03 Å². The van der Waals surface area contributed by atoms with E-state index in [9.17, 15) is 9.59 Å². The van der Waals surface area contributed by atoms with E-state index in [1.165, 1.54) is 0 Å². The first kappa shape index (κ1) is 17.0. The van der Waals surface area contributed by atoms with Gasteiger partial charge < -0.3 is 10.6 Å². The van der Waals surface area contributed by atoms with Crippen molar-refractivity contribution in [1.29, 1.82) is 0 Å². The van der Waals surface area contributed by atoms with E-state index in [0.29, 0.717) is 21.4 Å². The number of anilines is 2. The van der Waals surface area contributed by atoms with Crippen molar-refractivity contribution < 1.29 is 9.59 Å². The summed E-state index contributed by atoms with van der Waals surface area (Å²) in [5, 5.41) is 8.58. The molecule has 1 aromatic heterocycles. The van der Waals surface area contributed by atoms with Crippen molar-refractivity contribution in [2.75, 3.05) is 10.6 Å². The largest absolute Gasteiger partial charge is 0.349 e. The fraction of sp³-hybridized carbons (Fsp3) is 0.312. The zero-order valence-electron chi connectivity index (χ0n) is 13.6. The first-order valence-corrected chi connectivity index (χ1v) is 8.09. The number of carbonyl (C=O) groups excluding carboxylic acids is 2. The number of rotatable bonds is 4. The van der Waals surface area contributed by atoms with Gasteiger partial charge in [0.1, 0.15) is 4.88 Å². The van der Waals surface area contributed by atoms with Crippen LogP contribution >= 0.6 is 11.3 Å². The van der Waals surface area contributed by atoms with E-state index >= 15 is 0 Å². The predicted molar refractivity (Wildman–Crippen MR) is 93.3 cm³/mol. The van der Waals surface area contributed by atoms with Crippen LogP contribution in [0.1, 0.15) is 34.8 Å².